The summed E-state index contributed by atoms with van der Waals surface area (Å²) < 4.78 is 27.2. The lowest BCUT2D eigenvalue weighted by molar-refractivity contribution is -0.125. The van der Waals surface area contributed by atoms with Crippen LogP contribution in [0.3, 0.4) is 0 Å². The number of amides is 1. The van der Waals surface area contributed by atoms with Crippen LogP contribution in [0.1, 0.15) is 23.1 Å². The van der Waals surface area contributed by atoms with Gasteiger partial charge in [0.25, 0.3) is 0 Å². The number of nitrogens with zero attached hydrogens (tertiary/aromatic N) is 2. The minimum atomic E-state index is -0.602. The lowest BCUT2D eigenvalue weighted by atomic mass is 10.1. The first kappa shape index (κ1) is 23.3. The number of rotatable bonds is 8. The Hall–Kier alpha value is -2.87. The molecule has 0 radical (unpaired) electrons. The smallest absolute Gasteiger partial charge is 0.237 e. The molecule has 0 aliphatic carbocycles. The predicted molar refractivity (Wildman–Crippen MR) is 123 cm³/mol. The number of aromatic nitrogens is 1. The molecule has 1 fully saturated rings. The standard InChI is InChI=1S/C25H25ClF2N4O/c26-20-5-1-3-17(9-20)15-32-16-22(30-14-19-6-7-21(27)10-23(19)28)11-24(32)25(33)31-13-18-4-2-8-29-12-18/h1-10,12,22,24,30H,11,13-16H2,(H,31,33)/t22-,24-/m0/s1. The molecule has 2 N–H and O–H groups in total. The van der Waals surface area contributed by atoms with Crippen molar-refractivity contribution < 1.29 is 13.6 Å². The molecule has 4 rings (SSSR count). The molecule has 5 nitrogen and oxygen atoms in total. The van der Waals surface area contributed by atoms with Gasteiger partial charge >= 0.3 is 0 Å². The van der Waals surface area contributed by atoms with Gasteiger partial charge < -0.3 is 10.6 Å². The van der Waals surface area contributed by atoms with Crippen LogP contribution >= 0.6 is 11.6 Å². The number of halogens is 3. The third-order valence-corrected chi connectivity index (χ3v) is 6.00. The van der Waals surface area contributed by atoms with Gasteiger partial charge in [-0.3, -0.25) is 14.7 Å². The number of pyridine rings is 1. The van der Waals surface area contributed by atoms with E-state index < -0.39 is 11.6 Å². The Balaban J connectivity index is 1.43. The lowest BCUT2D eigenvalue weighted by Gasteiger charge is -2.23. The zero-order valence-electron chi connectivity index (χ0n) is 18.0. The van der Waals surface area contributed by atoms with Gasteiger partial charge in [-0.25, -0.2) is 8.78 Å². The molecular weight excluding hydrogens is 446 g/mol. The third kappa shape index (κ3) is 6.35. The van der Waals surface area contributed by atoms with Crippen molar-refractivity contribution in [3.8, 4) is 0 Å². The van der Waals surface area contributed by atoms with Gasteiger partial charge in [-0.2, -0.15) is 0 Å². The summed E-state index contributed by atoms with van der Waals surface area (Å²) in [6, 6.07) is 14.5. The maximum Gasteiger partial charge on any atom is 0.237 e. The summed E-state index contributed by atoms with van der Waals surface area (Å²) in [5.74, 6) is -1.25. The Morgan fingerprint density at radius 2 is 1.94 bits per heavy atom. The Morgan fingerprint density at radius 3 is 2.70 bits per heavy atom. The maximum absolute atomic E-state index is 14.0. The topological polar surface area (TPSA) is 57.3 Å². The molecule has 2 atom stereocenters. The molecule has 33 heavy (non-hydrogen) atoms. The van der Waals surface area contributed by atoms with Crippen molar-refractivity contribution in [1.82, 2.24) is 20.5 Å². The summed E-state index contributed by atoms with van der Waals surface area (Å²) in [5, 5.41) is 6.97. The van der Waals surface area contributed by atoms with E-state index in [4.69, 9.17) is 11.6 Å². The second kappa shape index (κ2) is 10.8. The van der Waals surface area contributed by atoms with Crippen molar-refractivity contribution in [3.63, 3.8) is 0 Å². The zero-order valence-corrected chi connectivity index (χ0v) is 18.7. The van der Waals surface area contributed by atoms with Crippen LogP contribution in [0.4, 0.5) is 8.78 Å². The van der Waals surface area contributed by atoms with Crippen LogP contribution in [0.15, 0.2) is 67.0 Å². The molecule has 1 saturated heterocycles. The molecule has 3 aromatic rings. The number of hydrogen-bond acceptors (Lipinski definition) is 4. The van der Waals surface area contributed by atoms with E-state index in [2.05, 4.69) is 20.5 Å². The van der Waals surface area contributed by atoms with Crippen molar-refractivity contribution in [2.24, 2.45) is 0 Å². The van der Waals surface area contributed by atoms with Gasteiger partial charge in [-0.05, 0) is 41.8 Å². The van der Waals surface area contributed by atoms with Crippen LogP contribution in [0.25, 0.3) is 0 Å². The highest BCUT2D eigenvalue weighted by atomic mass is 35.5. The zero-order chi connectivity index (χ0) is 23.2. The molecule has 0 saturated carbocycles. The van der Waals surface area contributed by atoms with Gasteiger partial charge in [-0.15, -0.1) is 0 Å². The summed E-state index contributed by atoms with van der Waals surface area (Å²) in [5.41, 5.74) is 2.33. The Bertz CT molecular complexity index is 1100. The molecule has 8 heteroatoms. The fraction of sp³-hybridized carbons (Fsp3) is 0.280. The van der Waals surface area contributed by atoms with E-state index in [9.17, 15) is 13.6 Å². The molecule has 172 valence electrons. The Labute approximate surface area is 196 Å². The molecule has 1 amide bonds. The van der Waals surface area contributed by atoms with Crippen molar-refractivity contribution in [2.75, 3.05) is 6.54 Å². The number of hydrogen-bond donors (Lipinski definition) is 2. The quantitative estimate of drug-likeness (QED) is 0.521. The van der Waals surface area contributed by atoms with Crippen LogP contribution in [0.5, 0.6) is 0 Å². The van der Waals surface area contributed by atoms with E-state index in [0.717, 1.165) is 17.2 Å². The normalized spacial score (nSPS) is 18.4. The summed E-state index contributed by atoms with van der Waals surface area (Å²) in [6.07, 6.45) is 3.98. The monoisotopic (exact) mass is 470 g/mol. The number of nitrogens with one attached hydrogen (secondary N) is 2. The molecule has 0 spiro atoms. The Kier molecular flexibility index (Phi) is 7.65. The lowest BCUT2D eigenvalue weighted by Crippen LogP contribution is -2.42. The van der Waals surface area contributed by atoms with Gasteiger partial charge in [0.15, 0.2) is 0 Å². The molecule has 1 aliphatic rings. The summed E-state index contributed by atoms with van der Waals surface area (Å²) in [6.45, 7) is 1.83. The first-order chi connectivity index (χ1) is 16.0. The predicted octanol–water partition coefficient (Wildman–Crippen LogP) is 4.06. The van der Waals surface area contributed by atoms with Gasteiger partial charge in [0.1, 0.15) is 11.6 Å². The summed E-state index contributed by atoms with van der Waals surface area (Å²) in [7, 11) is 0. The third-order valence-electron chi connectivity index (χ3n) is 5.77. The second-order valence-electron chi connectivity index (χ2n) is 8.20. The largest absolute Gasteiger partial charge is 0.351 e. The number of carbonyl (C=O) groups is 1. The van der Waals surface area contributed by atoms with E-state index in [1.54, 1.807) is 12.4 Å². The van der Waals surface area contributed by atoms with Crippen molar-refractivity contribution >= 4 is 17.5 Å². The van der Waals surface area contributed by atoms with Gasteiger partial charge in [0.2, 0.25) is 5.91 Å². The number of carbonyl (C=O) groups excluding carboxylic acids is 1. The van der Waals surface area contributed by atoms with Crippen molar-refractivity contribution in [1.29, 1.82) is 0 Å². The average Bonchev–Trinajstić information content (AvgIpc) is 3.20. The highest BCUT2D eigenvalue weighted by molar-refractivity contribution is 6.30. The molecule has 1 aromatic heterocycles. The number of likely N-dealkylation sites (tertiary alicyclic amines) is 1. The van der Waals surface area contributed by atoms with Crippen molar-refractivity contribution in [2.45, 2.75) is 38.1 Å². The van der Waals surface area contributed by atoms with Gasteiger partial charge in [0, 0.05) is 61.3 Å². The molecular formula is C25H25ClF2N4O. The van der Waals surface area contributed by atoms with E-state index in [0.29, 0.717) is 36.6 Å². The molecule has 2 heterocycles. The fourth-order valence-corrected chi connectivity index (χ4v) is 4.31. The minimum absolute atomic E-state index is 0.0252. The first-order valence-corrected chi connectivity index (χ1v) is 11.2. The average molecular weight is 471 g/mol. The van der Waals surface area contributed by atoms with Crippen LogP contribution in [-0.2, 0) is 24.4 Å². The van der Waals surface area contributed by atoms with Gasteiger partial charge in [-0.1, -0.05) is 35.9 Å². The van der Waals surface area contributed by atoms with Crippen LogP contribution in [-0.4, -0.2) is 34.4 Å². The highest BCUT2D eigenvalue weighted by Gasteiger charge is 2.36. The molecule has 2 aromatic carbocycles. The molecule has 0 unspecified atom stereocenters. The summed E-state index contributed by atoms with van der Waals surface area (Å²) >= 11 is 6.14. The van der Waals surface area contributed by atoms with Crippen molar-refractivity contribution in [3.05, 3.63) is 100 Å². The van der Waals surface area contributed by atoms with Crippen LogP contribution in [0, 0.1) is 11.6 Å². The van der Waals surface area contributed by atoms with E-state index >= 15 is 0 Å². The minimum Gasteiger partial charge on any atom is -0.351 e. The second-order valence-corrected chi connectivity index (χ2v) is 8.64. The Morgan fingerprint density at radius 1 is 1.09 bits per heavy atom. The summed E-state index contributed by atoms with van der Waals surface area (Å²) in [4.78, 5) is 19.2. The molecule has 1 aliphatic heterocycles. The fourth-order valence-electron chi connectivity index (χ4n) is 4.10. The van der Waals surface area contributed by atoms with Gasteiger partial charge in [0.05, 0.1) is 6.04 Å². The molecule has 0 bridgehead atoms. The van der Waals surface area contributed by atoms with E-state index in [1.807, 2.05) is 36.4 Å². The van der Waals surface area contributed by atoms with E-state index in [1.165, 1.54) is 12.1 Å². The van der Waals surface area contributed by atoms with E-state index in [-0.39, 0.29) is 24.5 Å². The van der Waals surface area contributed by atoms with Crippen LogP contribution in [0.2, 0.25) is 5.02 Å². The first-order valence-electron chi connectivity index (χ1n) is 10.8. The number of benzene rings is 2. The maximum atomic E-state index is 14.0. The van der Waals surface area contributed by atoms with Crippen LogP contribution < -0.4 is 10.6 Å². The highest BCUT2D eigenvalue weighted by Crippen LogP contribution is 2.23. The SMILES string of the molecule is O=C(NCc1cccnc1)[C@@H]1C[C@H](NCc2ccc(F)cc2F)CN1Cc1cccc(Cl)c1.